The maximum Gasteiger partial charge on any atom is 0.223 e. The lowest BCUT2D eigenvalue weighted by Crippen LogP contribution is -2.34. The van der Waals surface area contributed by atoms with Crippen LogP contribution >= 0.6 is 11.6 Å². The molecule has 1 saturated carbocycles. The second-order valence-electron chi connectivity index (χ2n) is 7.13. The number of rotatable bonds is 7. The maximum atomic E-state index is 12.8. The van der Waals surface area contributed by atoms with Crippen LogP contribution in [0.3, 0.4) is 0 Å². The molecule has 1 N–H and O–H groups in total. The smallest absolute Gasteiger partial charge is 0.223 e. The van der Waals surface area contributed by atoms with Crippen LogP contribution in [-0.4, -0.2) is 36.1 Å². The van der Waals surface area contributed by atoms with Gasteiger partial charge in [-0.25, -0.2) is 0 Å². The van der Waals surface area contributed by atoms with E-state index in [1.54, 1.807) is 4.90 Å². The Bertz CT molecular complexity index is 728. The average Bonchev–Trinajstić information content (AvgIpc) is 3.40. The van der Waals surface area contributed by atoms with Gasteiger partial charge < -0.3 is 10.0 Å². The molecule has 1 aliphatic rings. The summed E-state index contributed by atoms with van der Waals surface area (Å²) in [5.41, 5.74) is 2.08. The highest BCUT2D eigenvalue weighted by Gasteiger charge is 2.43. The molecule has 0 aliphatic heterocycles. The van der Waals surface area contributed by atoms with Gasteiger partial charge in [0.05, 0.1) is 6.61 Å². The Morgan fingerprint density at radius 1 is 1.16 bits per heavy atom. The molecule has 0 saturated heterocycles. The van der Waals surface area contributed by atoms with Crippen LogP contribution in [0.1, 0.15) is 36.3 Å². The molecule has 1 aliphatic carbocycles. The van der Waals surface area contributed by atoms with Crippen molar-refractivity contribution in [2.45, 2.75) is 25.2 Å². The summed E-state index contributed by atoms with van der Waals surface area (Å²) in [6, 6.07) is 17.8. The van der Waals surface area contributed by atoms with Crippen LogP contribution in [0.2, 0.25) is 5.02 Å². The first kappa shape index (κ1) is 18.0. The van der Waals surface area contributed by atoms with Gasteiger partial charge in [0.2, 0.25) is 5.91 Å². The minimum atomic E-state index is -0.0668. The van der Waals surface area contributed by atoms with Crippen LogP contribution < -0.4 is 0 Å². The zero-order chi connectivity index (χ0) is 17.9. The van der Waals surface area contributed by atoms with Crippen molar-refractivity contribution in [3.05, 3.63) is 70.7 Å². The molecule has 1 fully saturated rings. The van der Waals surface area contributed by atoms with Gasteiger partial charge in [0.1, 0.15) is 0 Å². The molecule has 0 aromatic heterocycles. The van der Waals surface area contributed by atoms with Crippen molar-refractivity contribution in [3.8, 4) is 0 Å². The molecule has 132 valence electrons. The summed E-state index contributed by atoms with van der Waals surface area (Å²) in [5, 5.41) is 10.2. The molecule has 2 aromatic rings. The number of amides is 1. The Morgan fingerprint density at radius 2 is 1.84 bits per heavy atom. The van der Waals surface area contributed by atoms with Crippen molar-refractivity contribution in [1.82, 2.24) is 4.90 Å². The number of nitrogens with zero attached hydrogens (tertiary/aromatic N) is 1. The number of hydrogen-bond acceptors (Lipinski definition) is 2. The highest BCUT2D eigenvalue weighted by atomic mass is 35.5. The first-order valence-corrected chi connectivity index (χ1v) is 9.06. The zero-order valence-corrected chi connectivity index (χ0v) is 15.2. The van der Waals surface area contributed by atoms with E-state index < -0.39 is 0 Å². The van der Waals surface area contributed by atoms with Gasteiger partial charge in [-0.1, -0.05) is 54.1 Å². The average molecular weight is 358 g/mol. The van der Waals surface area contributed by atoms with Crippen LogP contribution in [0, 0.1) is 5.41 Å². The fourth-order valence-corrected chi connectivity index (χ4v) is 3.50. The molecule has 0 bridgehead atoms. The van der Waals surface area contributed by atoms with Crippen LogP contribution in [0.5, 0.6) is 0 Å². The predicted molar refractivity (Wildman–Crippen MR) is 101 cm³/mol. The number of hydrogen-bond donors (Lipinski definition) is 1. The second kappa shape index (κ2) is 7.59. The van der Waals surface area contributed by atoms with Gasteiger partial charge >= 0.3 is 0 Å². The SMILES string of the molecule is CN(CC1(CO)CC1)C(=O)C[C@@H](c1ccccc1)c1cccc(Cl)c1. The molecule has 3 rings (SSSR count). The van der Waals surface area contributed by atoms with Crippen molar-refractivity contribution in [2.24, 2.45) is 5.41 Å². The number of halogens is 1. The van der Waals surface area contributed by atoms with E-state index in [1.165, 1.54) is 0 Å². The topological polar surface area (TPSA) is 40.5 Å². The van der Waals surface area contributed by atoms with Crippen LogP contribution in [0.25, 0.3) is 0 Å². The monoisotopic (exact) mass is 357 g/mol. The molecule has 1 amide bonds. The van der Waals surface area contributed by atoms with E-state index in [9.17, 15) is 9.90 Å². The lowest BCUT2D eigenvalue weighted by Gasteiger charge is -2.25. The van der Waals surface area contributed by atoms with Crippen LogP contribution in [0.4, 0.5) is 0 Å². The standard InChI is InChI=1S/C21H24ClNO2/c1-23(14-21(15-24)10-11-21)20(25)13-19(16-6-3-2-4-7-16)17-8-5-9-18(22)12-17/h2-9,12,19,24H,10-11,13-15H2,1H3/t19-/m0/s1. The quantitative estimate of drug-likeness (QED) is 0.810. The van der Waals surface area contributed by atoms with Crippen molar-refractivity contribution < 1.29 is 9.90 Å². The number of aliphatic hydroxyl groups is 1. The zero-order valence-electron chi connectivity index (χ0n) is 14.5. The largest absolute Gasteiger partial charge is 0.396 e. The third kappa shape index (κ3) is 4.42. The first-order valence-electron chi connectivity index (χ1n) is 8.68. The van der Waals surface area contributed by atoms with Crippen LogP contribution in [-0.2, 0) is 4.79 Å². The molecule has 25 heavy (non-hydrogen) atoms. The molecular formula is C21H24ClNO2. The van der Waals surface area contributed by atoms with Crippen LogP contribution in [0.15, 0.2) is 54.6 Å². The Morgan fingerprint density at radius 3 is 2.44 bits per heavy atom. The molecule has 2 aromatic carbocycles. The van der Waals surface area contributed by atoms with Gasteiger partial charge in [0.15, 0.2) is 0 Å². The van der Waals surface area contributed by atoms with Gasteiger partial charge in [-0.3, -0.25) is 4.79 Å². The highest BCUT2D eigenvalue weighted by molar-refractivity contribution is 6.30. The van der Waals surface area contributed by atoms with E-state index in [1.807, 2.05) is 49.5 Å². The van der Waals surface area contributed by atoms with Crippen molar-refractivity contribution in [2.75, 3.05) is 20.2 Å². The molecular weight excluding hydrogens is 334 g/mol. The minimum Gasteiger partial charge on any atom is -0.396 e. The maximum absolute atomic E-state index is 12.8. The predicted octanol–water partition coefficient (Wildman–Crippen LogP) is 4.09. The van der Waals surface area contributed by atoms with Crippen molar-refractivity contribution in [3.63, 3.8) is 0 Å². The summed E-state index contributed by atoms with van der Waals surface area (Å²) in [4.78, 5) is 14.6. The summed E-state index contributed by atoms with van der Waals surface area (Å²) in [6.45, 7) is 0.778. The summed E-state index contributed by atoms with van der Waals surface area (Å²) < 4.78 is 0. The number of carbonyl (C=O) groups excluding carboxylic acids is 1. The number of benzene rings is 2. The third-order valence-corrected chi connectivity index (χ3v) is 5.36. The molecule has 3 nitrogen and oxygen atoms in total. The first-order chi connectivity index (χ1) is 12.0. The van der Waals surface area contributed by atoms with Crippen molar-refractivity contribution >= 4 is 17.5 Å². The number of carbonyl (C=O) groups is 1. The fourth-order valence-electron chi connectivity index (χ4n) is 3.30. The summed E-state index contributed by atoms with van der Waals surface area (Å²) in [5.74, 6) is 0.0627. The fraction of sp³-hybridized carbons (Fsp3) is 0.381. The van der Waals surface area contributed by atoms with Crippen molar-refractivity contribution in [1.29, 1.82) is 0 Å². The van der Waals surface area contributed by atoms with Gasteiger partial charge in [-0.15, -0.1) is 0 Å². The molecule has 1 atom stereocenters. The number of aliphatic hydroxyl groups excluding tert-OH is 1. The summed E-state index contributed by atoms with van der Waals surface area (Å²) >= 11 is 6.17. The third-order valence-electron chi connectivity index (χ3n) is 5.12. The molecule has 0 heterocycles. The Labute approximate surface area is 154 Å². The van der Waals surface area contributed by atoms with Gasteiger partial charge in [-0.2, -0.15) is 0 Å². The molecule has 0 spiro atoms. The highest BCUT2D eigenvalue weighted by Crippen LogP contribution is 2.45. The van der Waals surface area contributed by atoms with E-state index in [-0.39, 0.29) is 23.8 Å². The molecule has 0 unspecified atom stereocenters. The summed E-state index contributed by atoms with van der Waals surface area (Å²) in [6.07, 6.45) is 2.39. The van der Waals surface area contributed by atoms with E-state index in [0.29, 0.717) is 18.0 Å². The summed E-state index contributed by atoms with van der Waals surface area (Å²) in [7, 11) is 1.83. The van der Waals surface area contributed by atoms with Gasteiger partial charge in [0.25, 0.3) is 0 Å². The Kier molecular flexibility index (Phi) is 5.45. The lowest BCUT2D eigenvalue weighted by atomic mass is 9.88. The Hall–Kier alpha value is -1.84. The minimum absolute atomic E-state index is 0.0286. The van der Waals surface area contributed by atoms with Gasteiger partial charge in [0, 0.05) is 36.4 Å². The molecule has 0 radical (unpaired) electrons. The Balaban J connectivity index is 1.79. The van der Waals surface area contributed by atoms with Gasteiger partial charge in [-0.05, 0) is 36.1 Å². The van der Waals surface area contributed by atoms with E-state index in [0.717, 1.165) is 24.0 Å². The van der Waals surface area contributed by atoms with E-state index in [4.69, 9.17) is 11.6 Å². The lowest BCUT2D eigenvalue weighted by molar-refractivity contribution is -0.131. The second-order valence-corrected chi connectivity index (χ2v) is 7.57. The van der Waals surface area contributed by atoms with E-state index >= 15 is 0 Å². The molecule has 4 heteroatoms. The van der Waals surface area contributed by atoms with E-state index in [2.05, 4.69) is 12.1 Å². The normalized spacial score (nSPS) is 16.3.